The first-order valence-electron chi connectivity index (χ1n) is 10.0. The van der Waals surface area contributed by atoms with E-state index in [0.29, 0.717) is 12.0 Å². The van der Waals surface area contributed by atoms with E-state index in [1.165, 1.54) is 53.7 Å². The van der Waals surface area contributed by atoms with Crippen molar-refractivity contribution in [3.05, 3.63) is 65.2 Å². The fraction of sp³-hybridized carbons (Fsp3) is 0.409. The summed E-state index contributed by atoms with van der Waals surface area (Å²) in [4.78, 5) is 4.57. The minimum atomic E-state index is 0.499. The molecule has 0 amide bonds. The molecular weight excluding hydrogens is 334 g/mol. The van der Waals surface area contributed by atoms with E-state index >= 15 is 0 Å². The van der Waals surface area contributed by atoms with Crippen molar-refractivity contribution >= 4 is 11.6 Å². The Morgan fingerprint density at radius 2 is 1.93 bits per heavy atom. The Hall–Kier alpha value is -2.53. The molecule has 27 heavy (non-hydrogen) atoms. The molecule has 2 aliphatic carbocycles. The molecule has 1 N–H and O–H groups in total. The SMILES string of the molecule is C1=Cc2c(ncn3nnc(C4CCC(NCc5ccccc5)CC4)c23)CC1. The van der Waals surface area contributed by atoms with E-state index in [1.54, 1.807) is 0 Å². The maximum absolute atomic E-state index is 4.57. The number of allylic oxidation sites excluding steroid dienone is 1. The summed E-state index contributed by atoms with van der Waals surface area (Å²) in [5, 5.41) is 12.6. The first kappa shape index (κ1) is 16.6. The van der Waals surface area contributed by atoms with Gasteiger partial charge < -0.3 is 5.32 Å². The molecule has 0 spiro atoms. The van der Waals surface area contributed by atoms with Crippen LogP contribution in [0.25, 0.3) is 11.6 Å². The first-order chi connectivity index (χ1) is 13.4. The van der Waals surface area contributed by atoms with Gasteiger partial charge in [-0.1, -0.05) is 47.7 Å². The van der Waals surface area contributed by atoms with Gasteiger partial charge in [0.2, 0.25) is 0 Å². The van der Waals surface area contributed by atoms with Crippen molar-refractivity contribution in [1.82, 2.24) is 25.1 Å². The third-order valence-electron chi connectivity index (χ3n) is 5.99. The lowest BCUT2D eigenvalue weighted by Crippen LogP contribution is -2.32. The quantitative estimate of drug-likeness (QED) is 0.768. The van der Waals surface area contributed by atoms with Gasteiger partial charge in [-0.25, -0.2) is 9.50 Å². The number of rotatable bonds is 4. The lowest BCUT2D eigenvalue weighted by atomic mass is 9.83. The Labute approximate surface area is 159 Å². The second-order valence-electron chi connectivity index (χ2n) is 7.73. The molecule has 1 saturated carbocycles. The van der Waals surface area contributed by atoms with E-state index in [1.807, 2.05) is 10.8 Å². The number of nitrogens with zero attached hydrogens (tertiary/aromatic N) is 4. The molecule has 2 aliphatic rings. The van der Waals surface area contributed by atoms with Gasteiger partial charge in [0.1, 0.15) is 11.8 Å². The van der Waals surface area contributed by atoms with Crippen LogP contribution in [0, 0.1) is 0 Å². The van der Waals surface area contributed by atoms with Gasteiger partial charge in [0.05, 0.1) is 11.4 Å². The van der Waals surface area contributed by atoms with Gasteiger partial charge in [0, 0.05) is 24.1 Å². The monoisotopic (exact) mass is 359 g/mol. The van der Waals surface area contributed by atoms with Crippen molar-refractivity contribution in [2.75, 3.05) is 0 Å². The van der Waals surface area contributed by atoms with Crippen molar-refractivity contribution in [1.29, 1.82) is 0 Å². The number of aryl methyl sites for hydroxylation is 1. The highest BCUT2D eigenvalue weighted by Crippen LogP contribution is 2.36. The molecule has 3 aromatic rings. The second-order valence-corrected chi connectivity index (χ2v) is 7.73. The Bertz CT molecular complexity index is 951. The molecule has 1 fully saturated rings. The number of nitrogens with one attached hydrogen (secondary N) is 1. The topological polar surface area (TPSA) is 55.1 Å². The van der Waals surface area contributed by atoms with Gasteiger partial charge in [-0.05, 0) is 44.1 Å². The highest BCUT2D eigenvalue weighted by molar-refractivity contribution is 5.74. The van der Waals surface area contributed by atoms with Gasteiger partial charge in [0.15, 0.2) is 0 Å². The summed E-state index contributed by atoms with van der Waals surface area (Å²) in [7, 11) is 0. The number of hydrogen-bond acceptors (Lipinski definition) is 4. The minimum absolute atomic E-state index is 0.499. The molecule has 0 saturated heterocycles. The zero-order chi connectivity index (χ0) is 18.1. The zero-order valence-electron chi connectivity index (χ0n) is 15.5. The number of hydrogen-bond donors (Lipinski definition) is 1. The van der Waals surface area contributed by atoms with E-state index in [0.717, 1.165) is 19.4 Å². The largest absolute Gasteiger partial charge is 0.310 e. The van der Waals surface area contributed by atoms with Gasteiger partial charge in [-0.3, -0.25) is 0 Å². The highest BCUT2D eigenvalue weighted by atomic mass is 15.4. The maximum atomic E-state index is 4.57. The van der Waals surface area contributed by atoms with Crippen LogP contribution in [0.1, 0.15) is 60.5 Å². The molecule has 2 heterocycles. The van der Waals surface area contributed by atoms with E-state index in [-0.39, 0.29) is 0 Å². The van der Waals surface area contributed by atoms with Crippen LogP contribution in [0.3, 0.4) is 0 Å². The lowest BCUT2D eigenvalue weighted by molar-refractivity contribution is 0.339. The smallest absolute Gasteiger partial charge is 0.119 e. The summed E-state index contributed by atoms with van der Waals surface area (Å²) in [5.41, 5.74) is 6.12. The zero-order valence-corrected chi connectivity index (χ0v) is 15.5. The fourth-order valence-corrected chi connectivity index (χ4v) is 4.48. The Balaban J connectivity index is 1.29. The third kappa shape index (κ3) is 3.28. The molecule has 5 nitrogen and oxygen atoms in total. The summed E-state index contributed by atoms with van der Waals surface area (Å²) in [5.74, 6) is 0.499. The van der Waals surface area contributed by atoms with Crippen molar-refractivity contribution in [2.45, 2.75) is 57.0 Å². The Morgan fingerprint density at radius 1 is 1.07 bits per heavy atom. The summed E-state index contributed by atoms with van der Waals surface area (Å²) in [6.45, 7) is 0.953. The van der Waals surface area contributed by atoms with Gasteiger partial charge in [-0.15, -0.1) is 5.10 Å². The average Bonchev–Trinajstić information content (AvgIpc) is 3.18. The van der Waals surface area contributed by atoms with Crippen LogP contribution in [-0.2, 0) is 13.0 Å². The van der Waals surface area contributed by atoms with Crippen LogP contribution in [0.2, 0.25) is 0 Å². The molecule has 0 atom stereocenters. The predicted molar refractivity (Wildman–Crippen MR) is 106 cm³/mol. The van der Waals surface area contributed by atoms with Crippen LogP contribution in [0.4, 0.5) is 0 Å². The molecular formula is C22H25N5. The Morgan fingerprint density at radius 3 is 2.78 bits per heavy atom. The summed E-state index contributed by atoms with van der Waals surface area (Å²) < 4.78 is 1.86. The van der Waals surface area contributed by atoms with Crippen LogP contribution in [-0.4, -0.2) is 25.9 Å². The standard InChI is InChI=1S/C22H25N5/c1-2-6-16(7-3-1)14-23-18-12-10-17(11-13-18)21-22-19-8-4-5-9-20(19)24-15-27(22)26-25-21/h1-4,6-8,15,17-18,23H,5,9-14H2. The molecule has 2 aromatic heterocycles. The molecule has 5 heteroatoms. The van der Waals surface area contributed by atoms with Crippen LogP contribution in [0.5, 0.6) is 0 Å². The summed E-state index contributed by atoms with van der Waals surface area (Å²) >= 11 is 0. The van der Waals surface area contributed by atoms with Crippen LogP contribution >= 0.6 is 0 Å². The van der Waals surface area contributed by atoms with E-state index in [9.17, 15) is 0 Å². The van der Waals surface area contributed by atoms with E-state index in [2.05, 4.69) is 63.1 Å². The van der Waals surface area contributed by atoms with Crippen LogP contribution < -0.4 is 5.32 Å². The minimum Gasteiger partial charge on any atom is -0.310 e. The molecule has 0 aliphatic heterocycles. The molecule has 5 rings (SSSR count). The molecule has 0 bridgehead atoms. The summed E-state index contributed by atoms with van der Waals surface area (Å²) in [6, 6.07) is 11.3. The normalized spacial score (nSPS) is 22.1. The summed E-state index contributed by atoms with van der Waals surface area (Å²) in [6.07, 6.45) is 13.1. The van der Waals surface area contributed by atoms with Gasteiger partial charge >= 0.3 is 0 Å². The van der Waals surface area contributed by atoms with E-state index < -0.39 is 0 Å². The molecule has 0 unspecified atom stereocenters. The van der Waals surface area contributed by atoms with E-state index in [4.69, 9.17) is 0 Å². The van der Waals surface area contributed by atoms with Crippen molar-refractivity contribution in [2.24, 2.45) is 0 Å². The van der Waals surface area contributed by atoms with Gasteiger partial charge in [-0.2, -0.15) is 0 Å². The highest BCUT2D eigenvalue weighted by Gasteiger charge is 2.27. The maximum Gasteiger partial charge on any atom is 0.119 e. The first-order valence-corrected chi connectivity index (χ1v) is 10.0. The Kier molecular flexibility index (Phi) is 4.46. The van der Waals surface area contributed by atoms with Crippen molar-refractivity contribution in [3.63, 3.8) is 0 Å². The van der Waals surface area contributed by atoms with Crippen LogP contribution in [0.15, 0.2) is 42.7 Å². The number of aromatic nitrogens is 4. The molecule has 1 aromatic carbocycles. The number of fused-ring (bicyclic) bond motifs is 3. The second kappa shape index (κ2) is 7.24. The van der Waals surface area contributed by atoms with Gasteiger partial charge in [0.25, 0.3) is 0 Å². The fourth-order valence-electron chi connectivity index (χ4n) is 4.48. The molecule has 138 valence electrons. The molecule has 0 radical (unpaired) electrons. The lowest BCUT2D eigenvalue weighted by Gasteiger charge is -2.28. The third-order valence-corrected chi connectivity index (χ3v) is 5.99. The van der Waals surface area contributed by atoms with Crippen molar-refractivity contribution < 1.29 is 0 Å². The van der Waals surface area contributed by atoms with Crippen molar-refractivity contribution in [3.8, 4) is 0 Å². The number of benzene rings is 1. The average molecular weight is 359 g/mol. The predicted octanol–water partition coefficient (Wildman–Crippen LogP) is 3.90.